The summed E-state index contributed by atoms with van der Waals surface area (Å²) in [7, 11) is 3.19. The second-order valence-electron chi connectivity index (χ2n) is 11.9. The Morgan fingerprint density at radius 2 is 1.43 bits per heavy atom. The number of anilines is 5. The Hall–Kier alpha value is -5.07. The average molecular weight is 625 g/mol. The Morgan fingerprint density at radius 3 is 2.04 bits per heavy atom. The molecule has 240 valence electrons. The van der Waals surface area contributed by atoms with Crippen molar-refractivity contribution in [3.8, 4) is 17.2 Å². The molecule has 3 aliphatic rings. The van der Waals surface area contributed by atoms with Crippen LogP contribution in [0.2, 0.25) is 0 Å². The van der Waals surface area contributed by atoms with Gasteiger partial charge in [-0.3, -0.25) is 5.32 Å². The van der Waals surface area contributed by atoms with Crippen molar-refractivity contribution in [1.82, 2.24) is 30.0 Å². The van der Waals surface area contributed by atoms with Crippen molar-refractivity contribution in [2.24, 2.45) is 0 Å². The molecule has 46 heavy (non-hydrogen) atoms. The van der Waals surface area contributed by atoms with Gasteiger partial charge in [0.15, 0.2) is 11.5 Å². The Kier molecular flexibility index (Phi) is 8.20. The van der Waals surface area contributed by atoms with Crippen molar-refractivity contribution >= 4 is 35.4 Å². The number of nitrogens with zero attached hydrogens (tertiary/aromatic N) is 7. The van der Waals surface area contributed by atoms with Gasteiger partial charge < -0.3 is 29.9 Å². The minimum absolute atomic E-state index is 0.310. The van der Waals surface area contributed by atoms with E-state index in [-0.39, 0.29) is 6.03 Å². The predicted molar refractivity (Wildman–Crippen MR) is 177 cm³/mol. The first kappa shape index (κ1) is 29.6. The number of nitrogens with one attached hydrogen (secondary N) is 3. The van der Waals surface area contributed by atoms with Gasteiger partial charge >= 0.3 is 6.03 Å². The lowest BCUT2D eigenvalue weighted by atomic mass is 9.96. The number of rotatable bonds is 8. The number of urea groups is 1. The van der Waals surface area contributed by atoms with Crippen LogP contribution in [0.1, 0.15) is 61.4 Å². The number of piperidine rings is 2. The molecular weight excluding hydrogens is 584 g/mol. The second-order valence-corrected chi connectivity index (χ2v) is 11.9. The fraction of sp³-hybridized carbons (Fsp3) is 0.424. The van der Waals surface area contributed by atoms with Crippen LogP contribution in [0.4, 0.5) is 34.1 Å². The third kappa shape index (κ3) is 5.84. The molecule has 2 aromatic carbocycles. The maximum absolute atomic E-state index is 12.9. The normalized spacial score (nSPS) is 18.0. The number of benzene rings is 2. The smallest absolute Gasteiger partial charge is 0.321 e. The van der Waals surface area contributed by atoms with E-state index in [9.17, 15) is 4.79 Å². The van der Waals surface area contributed by atoms with Crippen LogP contribution in [0.3, 0.4) is 0 Å². The van der Waals surface area contributed by atoms with Gasteiger partial charge in [-0.1, -0.05) is 6.07 Å². The van der Waals surface area contributed by atoms with E-state index >= 15 is 0 Å². The fourth-order valence-corrected chi connectivity index (χ4v) is 6.52. The zero-order chi connectivity index (χ0) is 31.6. The zero-order valence-corrected chi connectivity index (χ0v) is 26.5. The molecule has 0 aliphatic carbocycles. The molecule has 2 saturated heterocycles. The van der Waals surface area contributed by atoms with Crippen molar-refractivity contribution < 1.29 is 14.3 Å². The third-order valence-electron chi connectivity index (χ3n) is 8.90. The van der Waals surface area contributed by atoms with E-state index in [4.69, 9.17) is 29.5 Å². The van der Waals surface area contributed by atoms with Crippen LogP contribution in [0.15, 0.2) is 42.5 Å². The standard InChI is InChI=1S/C33H40N10O3/c1-21-27-28(22-10-15-25(45-2)26(20-22)46-3)35-33(44)36-29(27)43(40-21)24-13-11-23(12-14-24)34-30-37-31(41-16-6-4-7-17-41)39-32(38-30)42-18-8-5-9-19-42/h10-15,20,28H,4-9,16-19H2,1-3H3,(H2,35,36,44)(H,34,37,38,39). The van der Waals surface area contributed by atoms with Gasteiger partial charge in [0.2, 0.25) is 17.8 Å². The van der Waals surface area contributed by atoms with E-state index < -0.39 is 6.04 Å². The summed E-state index contributed by atoms with van der Waals surface area (Å²) in [6.07, 6.45) is 7.09. The molecule has 2 amide bonds. The SMILES string of the molecule is COc1ccc(C2NC(=O)Nc3c2c(C)nn3-c2ccc(Nc3nc(N4CCCCC4)nc(N4CCCCC4)n3)cc2)cc1OC. The monoisotopic (exact) mass is 624 g/mol. The van der Waals surface area contributed by atoms with Gasteiger partial charge in [0.25, 0.3) is 0 Å². The predicted octanol–water partition coefficient (Wildman–Crippen LogP) is 5.33. The molecule has 13 heteroatoms. The highest BCUT2D eigenvalue weighted by molar-refractivity contribution is 5.93. The summed E-state index contributed by atoms with van der Waals surface area (Å²) >= 11 is 0. The first-order chi connectivity index (χ1) is 22.5. The molecule has 1 atom stereocenters. The first-order valence-electron chi connectivity index (χ1n) is 16.0. The van der Waals surface area contributed by atoms with Crippen molar-refractivity contribution in [3.05, 3.63) is 59.3 Å². The minimum atomic E-state index is -0.412. The number of hydrogen-bond acceptors (Lipinski definition) is 10. The summed E-state index contributed by atoms with van der Waals surface area (Å²) in [4.78, 5) is 32.0. The van der Waals surface area contributed by atoms with Crippen LogP contribution in [0.5, 0.6) is 11.5 Å². The molecule has 4 aromatic rings. The summed E-state index contributed by atoms with van der Waals surface area (Å²) in [6, 6.07) is 12.8. The quantitative estimate of drug-likeness (QED) is 0.236. The lowest BCUT2D eigenvalue weighted by molar-refractivity contribution is 0.248. The Balaban J connectivity index is 1.16. The number of aryl methyl sites for hydroxylation is 1. The van der Waals surface area contributed by atoms with E-state index in [0.717, 1.165) is 92.0 Å². The highest BCUT2D eigenvalue weighted by Gasteiger charge is 2.32. The van der Waals surface area contributed by atoms with Gasteiger partial charge in [-0.25, -0.2) is 9.48 Å². The number of amides is 2. The van der Waals surface area contributed by atoms with Crippen LogP contribution in [-0.2, 0) is 0 Å². The fourth-order valence-electron chi connectivity index (χ4n) is 6.52. The molecule has 0 radical (unpaired) electrons. The molecule has 3 aliphatic heterocycles. The van der Waals surface area contributed by atoms with E-state index in [1.165, 1.54) is 12.8 Å². The molecule has 7 rings (SSSR count). The van der Waals surface area contributed by atoms with Gasteiger partial charge in [0, 0.05) is 37.4 Å². The molecular formula is C33H40N10O3. The number of ether oxygens (including phenoxy) is 2. The highest BCUT2D eigenvalue weighted by atomic mass is 16.5. The number of methoxy groups -OCH3 is 2. The molecule has 0 spiro atoms. The number of aromatic nitrogens is 5. The summed E-state index contributed by atoms with van der Waals surface area (Å²) in [5.74, 6) is 3.84. The van der Waals surface area contributed by atoms with E-state index in [0.29, 0.717) is 23.3 Å². The molecule has 13 nitrogen and oxygen atoms in total. The summed E-state index contributed by atoms with van der Waals surface area (Å²) in [5.41, 5.74) is 4.19. The molecule has 0 saturated carbocycles. The first-order valence-corrected chi connectivity index (χ1v) is 16.0. The van der Waals surface area contributed by atoms with Crippen molar-refractivity contribution in [1.29, 1.82) is 0 Å². The lowest BCUT2D eigenvalue weighted by Crippen LogP contribution is -2.38. The third-order valence-corrected chi connectivity index (χ3v) is 8.90. The van der Waals surface area contributed by atoms with E-state index in [2.05, 4.69) is 25.8 Å². The molecule has 1 unspecified atom stereocenters. The number of carbonyl (C=O) groups excluding carboxylic acids is 1. The zero-order valence-electron chi connectivity index (χ0n) is 26.5. The molecule has 2 fully saturated rings. The number of carbonyl (C=O) groups is 1. The maximum atomic E-state index is 12.9. The van der Waals surface area contributed by atoms with E-state index in [1.54, 1.807) is 18.9 Å². The maximum Gasteiger partial charge on any atom is 0.321 e. The van der Waals surface area contributed by atoms with Crippen LogP contribution in [-0.4, -0.2) is 71.2 Å². The molecule has 5 heterocycles. The Labute approximate surface area is 268 Å². The molecule has 2 aromatic heterocycles. The summed E-state index contributed by atoms with van der Waals surface area (Å²) in [6.45, 7) is 5.79. The van der Waals surface area contributed by atoms with Gasteiger partial charge in [-0.15, -0.1) is 0 Å². The average Bonchev–Trinajstić information content (AvgIpc) is 3.44. The number of fused-ring (bicyclic) bond motifs is 1. The van der Waals surface area contributed by atoms with Crippen LogP contribution in [0, 0.1) is 6.92 Å². The van der Waals surface area contributed by atoms with Crippen molar-refractivity contribution in [2.75, 3.05) is 60.8 Å². The van der Waals surface area contributed by atoms with Gasteiger partial charge in [-0.05, 0) is 87.4 Å². The van der Waals surface area contributed by atoms with Gasteiger partial charge in [0.1, 0.15) is 5.82 Å². The number of hydrogen-bond donors (Lipinski definition) is 3. The summed E-state index contributed by atoms with van der Waals surface area (Å²) in [5, 5.41) is 14.3. The Bertz CT molecular complexity index is 1680. The van der Waals surface area contributed by atoms with Crippen molar-refractivity contribution in [3.63, 3.8) is 0 Å². The van der Waals surface area contributed by atoms with Crippen molar-refractivity contribution in [2.45, 2.75) is 51.5 Å². The molecule has 0 bridgehead atoms. The minimum Gasteiger partial charge on any atom is -0.493 e. The second kappa shape index (κ2) is 12.7. The largest absolute Gasteiger partial charge is 0.493 e. The molecule has 3 N–H and O–H groups in total. The van der Waals surface area contributed by atoms with Crippen LogP contribution >= 0.6 is 0 Å². The van der Waals surface area contributed by atoms with Gasteiger partial charge in [-0.2, -0.15) is 20.1 Å². The summed E-state index contributed by atoms with van der Waals surface area (Å²) < 4.78 is 12.7. The Morgan fingerprint density at radius 1 is 0.804 bits per heavy atom. The van der Waals surface area contributed by atoms with E-state index in [1.807, 2.05) is 49.4 Å². The topological polar surface area (TPSA) is 135 Å². The highest BCUT2D eigenvalue weighted by Crippen LogP contribution is 2.39. The van der Waals surface area contributed by atoms with Gasteiger partial charge in [0.05, 0.1) is 31.6 Å². The lowest BCUT2D eigenvalue weighted by Gasteiger charge is -2.30. The van der Waals surface area contributed by atoms with Crippen LogP contribution in [0.25, 0.3) is 5.69 Å². The van der Waals surface area contributed by atoms with Crippen LogP contribution < -0.4 is 35.2 Å².